The molecule has 0 fully saturated rings. The molecular weight excluding hydrogens is 339 g/mol. The molecular formula is C6H5F9O4S. The van der Waals surface area contributed by atoms with Gasteiger partial charge in [-0.05, 0) is 0 Å². The first-order chi connectivity index (χ1) is 8.52. The van der Waals surface area contributed by atoms with Gasteiger partial charge in [0.15, 0.2) is 0 Å². The Labute approximate surface area is 105 Å². The van der Waals surface area contributed by atoms with E-state index in [1.807, 2.05) is 0 Å². The first-order valence-electron chi connectivity index (χ1n) is 4.22. The number of halogens is 9. The van der Waals surface area contributed by atoms with Crippen molar-refractivity contribution in [3.8, 4) is 0 Å². The van der Waals surface area contributed by atoms with Crippen LogP contribution in [0.4, 0.5) is 39.5 Å². The maximum absolute atomic E-state index is 12.7. The smallest absolute Gasteiger partial charge is 0.390 e. The molecule has 122 valence electrons. The lowest BCUT2D eigenvalue weighted by molar-refractivity contribution is -0.321. The van der Waals surface area contributed by atoms with E-state index in [0.29, 0.717) is 0 Å². The monoisotopic (exact) mass is 344 g/mol. The lowest BCUT2D eigenvalue weighted by Gasteiger charge is -2.31. The molecule has 20 heavy (non-hydrogen) atoms. The largest absolute Gasteiger partial charge is 0.523 e. The van der Waals surface area contributed by atoms with Gasteiger partial charge in [0, 0.05) is 0 Å². The fourth-order valence-corrected chi connectivity index (χ4v) is 1.11. The van der Waals surface area contributed by atoms with E-state index in [4.69, 9.17) is 5.11 Å². The summed E-state index contributed by atoms with van der Waals surface area (Å²) < 4.78 is 133. The predicted octanol–water partition coefficient (Wildman–Crippen LogP) is 1.75. The minimum atomic E-state index is -6.66. The van der Waals surface area contributed by atoms with E-state index >= 15 is 0 Å². The SMILES string of the molecule is O=S(=O)(OCC(F)(F)C(F)(F)C(F)(F)CO)C(F)(F)F. The quantitative estimate of drug-likeness (QED) is 0.453. The van der Waals surface area contributed by atoms with Gasteiger partial charge < -0.3 is 5.11 Å². The Morgan fingerprint density at radius 2 is 1.25 bits per heavy atom. The van der Waals surface area contributed by atoms with E-state index in [9.17, 15) is 47.9 Å². The van der Waals surface area contributed by atoms with Crippen molar-refractivity contribution in [1.29, 1.82) is 0 Å². The zero-order valence-corrected chi connectivity index (χ0v) is 9.71. The second-order valence-electron chi connectivity index (χ2n) is 3.30. The number of hydrogen-bond acceptors (Lipinski definition) is 4. The highest BCUT2D eigenvalue weighted by molar-refractivity contribution is 7.87. The standard InChI is InChI=1S/C6H5F9O4S/c7-3(8,1-16)5(11,12)4(9,10)2-19-20(17,18)6(13,14)15/h16H,1-2H2. The normalized spacial score (nSPS) is 15.5. The first-order valence-corrected chi connectivity index (χ1v) is 5.63. The Kier molecular flexibility index (Phi) is 5.02. The molecule has 0 aliphatic heterocycles. The van der Waals surface area contributed by atoms with Gasteiger partial charge in [0.1, 0.15) is 13.2 Å². The molecule has 0 spiro atoms. The lowest BCUT2D eigenvalue weighted by atomic mass is 10.1. The molecule has 0 amide bonds. The summed E-state index contributed by atoms with van der Waals surface area (Å²) in [6.45, 7) is -5.93. The van der Waals surface area contributed by atoms with E-state index in [-0.39, 0.29) is 0 Å². The molecule has 0 aromatic heterocycles. The summed E-state index contributed by atoms with van der Waals surface area (Å²) in [5.74, 6) is -18.0. The van der Waals surface area contributed by atoms with Gasteiger partial charge in [-0.1, -0.05) is 0 Å². The average Bonchev–Trinajstić information content (AvgIpc) is 2.24. The molecule has 0 heterocycles. The van der Waals surface area contributed by atoms with Crippen LogP contribution in [0.15, 0.2) is 0 Å². The summed E-state index contributed by atoms with van der Waals surface area (Å²) in [6, 6.07) is 0. The van der Waals surface area contributed by atoms with Gasteiger partial charge in [0.25, 0.3) is 0 Å². The number of hydrogen-bond donors (Lipinski definition) is 1. The minimum absolute atomic E-state index is 2.59. The van der Waals surface area contributed by atoms with Crippen LogP contribution in [-0.2, 0) is 14.3 Å². The highest BCUT2D eigenvalue weighted by atomic mass is 32.2. The van der Waals surface area contributed by atoms with Crippen molar-refractivity contribution in [1.82, 2.24) is 0 Å². The zero-order chi connectivity index (χ0) is 16.6. The second-order valence-corrected chi connectivity index (χ2v) is 4.91. The van der Waals surface area contributed by atoms with Gasteiger partial charge in [-0.3, -0.25) is 4.18 Å². The van der Waals surface area contributed by atoms with E-state index < -0.39 is 46.6 Å². The Hall–Kier alpha value is -0.760. The van der Waals surface area contributed by atoms with Crippen LogP contribution in [-0.4, -0.2) is 50.0 Å². The van der Waals surface area contributed by atoms with Gasteiger partial charge >= 0.3 is 33.4 Å². The highest BCUT2D eigenvalue weighted by Crippen LogP contribution is 2.46. The molecule has 0 rings (SSSR count). The van der Waals surface area contributed by atoms with Crippen molar-refractivity contribution >= 4 is 10.1 Å². The van der Waals surface area contributed by atoms with Crippen molar-refractivity contribution in [3.05, 3.63) is 0 Å². The minimum Gasteiger partial charge on any atom is -0.390 e. The van der Waals surface area contributed by atoms with E-state index in [0.717, 1.165) is 0 Å². The fourth-order valence-electron chi connectivity index (χ4n) is 0.676. The van der Waals surface area contributed by atoms with E-state index in [1.54, 1.807) is 0 Å². The maximum Gasteiger partial charge on any atom is 0.523 e. The van der Waals surface area contributed by atoms with Crippen molar-refractivity contribution in [3.63, 3.8) is 0 Å². The molecule has 4 nitrogen and oxygen atoms in total. The number of aliphatic hydroxyl groups is 1. The van der Waals surface area contributed by atoms with Crippen LogP contribution in [0.1, 0.15) is 0 Å². The molecule has 0 saturated heterocycles. The summed E-state index contributed by atoms with van der Waals surface area (Å²) in [5, 5.41) is 7.85. The van der Waals surface area contributed by atoms with Crippen LogP contribution in [0.2, 0.25) is 0 Å². The van der Waals surface area contributed by atoms with E-state index in [2.05, 4.69) is 4.18 Å². The Morgan fingerprint density at radius 3 is 1.55 bits per heavy atom. The zero-order valence-electron chi connectivity index (χ0n) is 8.90. The Balaban J connectivity index is 5.22. The Bertz CT molecular complexity index is 440. The summed E-state index contributed by atoms with van der Waals surface area (Å²) in [7, 11) is -6.66. The number of aliphatic hydroxyl groups excluding tert-OH is 1. The fraction of sp³-hybridized carbons (Fsp3) is 1.00. The first kappa shape index (κ1) is 19.2. The summed E-state index contributed by atoms with van der Waals surface area (Å²) in [5.41, 5.74) is -6.20. The van der Waals surface area contributed by atoms with Crippen LogP contribution in [0.5, 0.6) is 0 Å². The summed E-state index contributed by atoms with van der Waals surface area (Å²) in [6.07, 6.45) is 0. The summed E-state index contributed by atoms with van der Waals surface area (Å²) >= 11 is 0. The topological polar surface area (TPSA) is 63.6 Å². The molecule has 0 unspecified atom stereocenters. The van der Waals surface area contributed by atoms with Gasteiger partial charge in [-0.15, -0.1) is 0 Å². The molecule has 0 bridgehead atoms. The van der Waals surface area contributed by atoms with Gasteiger partial charge in [-0.25, -0.2) is 0 Å². The van der Waals surface area contributed by atoms with Crippen LogP contribution in [0, 0.1) is 0 Å². The van der Waals surface area contributed by atoms with Gasteiger partial charge in [0.05, 0.1) is 0 Å². The molecule has 0 aromatic carbocycles. The highest BCUT2D eigenvalue weighted by Gasteiger charge is 2.71. The van der Waals surface area contributed by atoms with Crippen molar-refractivity contribution < 1.29 is 57.2 Å². The third-order valence-electron chi connectivity index (χ3n) is 1.80. The molecule has 0 radical (unpaired) electrons. The van der Waals surface area contributed by atoms with E-state index in [1.165, 1.54) is 0 Å². The van der Waals surface area contributed by atoms with Gasteiger partial charge in [-0.2, -0.15) is 47.9 Å². The lowest BCUT2D eigenvalue weighted by Crippen LogP contribution is -2.58. The van der Waals surface area contributed by atoms with Crippen LogP contribution >= 0.6 is 0 Å². The van der Waals surface area contributed by atoms with Crippen LogP contribution in [0.25, 0.3) is 0 Å². The van der Waals surface area contributed by atoms with Crippen molar-refractivity contribution in [2.24, 2.45) is 0 Å². The number of alkyl halides is 9. The molecule has 14 heteroatoms. The molecule has 0 aliphatic carbocycles. The molecule has 0 atom stereocenters. The third kappa shape index (κ3) is 3.46. The third-order valence-corrected chi connectivity index (χ3v) is 2.79. The Morgan fingerprint density at radius 1 is 0.850 bits per heavy atom. The molecule has 1 N–H and O–H groups in total. The second kappa shape index (κ2) is 5.22. The average molecular weight is 344 g/mol. The van der Waals surface area contributed by atoms with Crippen LogP contribution in [0.3, 0.4) is 0 Å². The molecule has 0 aromatic rings. The van der Waals surface area contributed by atoms with Crippen LogP contribution < -0.4 is 0 Å². The van der Waals surface area contributed by atoms with Crippen molar-refractivity contribution in [2.45, 2.75) is 23.3 Å². The number of rotatable bonds is 6. The summed E-state index contributed by atoms with van der Waals surface area (Å²) in [4.78, 5) is 0. The van der Waals surface area contributed by atoms with Crippen molar-refractivity contribution in [2.75, 3.05) is 13.2 Å². The maximum atomic E-state index is 12.7. The molecule has 0 saturated carbocycles. The van der Waals surface area contributed by atoms with Gasteiger partial charge in [0.2, 0.25) is 0 Å². The molecule has 0 aliphatic rings. The predicted molar refractivity (Wildman–Crippen MR) is 42.9 cm³/mol.